The van der Waals surface area contributed by atoms with Gasteiger partial charge in [0, 0.05) is 51.9 Å². The van der Waals surface area contributed by atoms with E-state index in [1.165, 1.54) is 17.3 Å². The van der Waals surface area contributed by atoms with Crippen molar-refractivity contribution in [2.24, 2.45) is 0 Å². The Morgan fingerprint density at radius 3 is 2.45 bits per heavy atom. The highest BCUT2D eigenvalue weighted by Crippen LogP contribution is 2.23. The van der Waals surface area contributed by atoms with E-state index >= 15 is 0 Å². The highest BCUT2D eigenvalue weighted by Gasteiger charge is 2.21. The number of amides is 1. The summed E-state index contributed by atoms with van der Waals surface area (Å²) in [5, 5.41) is 0.983. The summed E-state index contributed by atoms with van der Waals surface area (Å²) >= 11 is 7.62. The van der Waals surface area contributed by atoms with Crippen molar-refractivity contribution in [2.75, 3.05) is 56.5 Å². The molecule has 2 heterocycles. The number of rotatable bonds is 11. The predicted molar refractivity (Wildman–Crippen MR) is 139 cm³/mol. The third-order valence-corrected chi connectivity index (χ3v) is 6.52. The van der Waals surface area contributed by atoms with Crippen LogP contribution in [0.1, 0.15) is 32.3 Å². The van der Waals surface area contributed by atoms with Crippen LogP contribution in [0.25, 0.3) is 6.08 Å². The molecule has 1 amide bonds. The van der Waals surface area contributed by atoms with Gasteiger partial charge in [0.25, 0.3) is 0 Å². The quantitative estimate of drug-likeness (QED) is 0.260. The Bertz CT molecular complexity index is 897. The molecule has 1 aromatic carbocycles. The number of carbonyl (C=O) groups is 1. The first-order valence-electron chi connectivity index (χ1n) is 11.7. The fourth-order valence-electron chi connectivity index (χ4n) is 3.79. The normalized spacial score (nSPS) is 14.7. The molecule has 1 fully saturated rings. The lowest BCUT2D eigenvalue weighted by Gasteiger charge is -2.34. The van der Waals surface area contributed by atoms with Crippen LogP contribution < -0.4 is 4.90 Å². The number of halogens is 1. The molecule has 0 saturated carbocycles. The molecule has 6 nitrogen and oxygen atoms in total. The molecular formula is C25H34ClN5OS. The molecule has 0 atom stereocenters. The minimum atomic E-state index is 0.128. The minimum Gasteiger partial charge on any atom is -0.356 e. The number of hydrogen-bond acceptors (Lipinski definition) is 6. The first kappa shape index (κ1) is 25.5. The Morgan fingerprint density at radius 1 is 1.09 bits per heavy atom. The summed E-state index contributed by atoms with van der Waals surface area (Å²) in [6.45, 7) is 10.3. The van der Waals surface area contributed by atoms with E-state index in [-0.39, 0.29) is 5.91 Å². The van der Waals surface area contributed by atoms with E-state index in [1.807, 2.05) is 29.2 Å². The average Bonchev–Trinajstić information content (AvgIpc) is 2.83. The molecule has 0 bridgehead atoms. The van der Waals surface area contributed by atoms with Crippen LogP contribution in [0.4, 0.5) is 5.82 Å². The van der Waals surface area contributed by atoms with E-state index in [1.54, 1.807) is 0 Å². The van der Waals surface area contributed by atoms with E-state index < -0.39 is 0 Å². The van der Waals surface area contributed by atoms with E-state index in [2.05, 4.69) is 57.9 Å². The largest absolute Gasteiger partial charge is 0.356 e. The second-order valence-corrected chi connectivity index (χ2v) is 9.43. The van der Waals surface area contributed by atoms with Crippen molar-refractivity contribution in [3.8, 4) is 0 Å². The van der Waals surface area contributed by atoms with Crippen molar-refractivity contribution < 1.29 is 4.79 Å². The van der Waals surface area contributed by atoms with Crippen LogP contribution in [-0.4, -0.2) is 77.2 Å². The molecule has 0 radical (unpaired) electrons. The number of benzene rings is 1. The van der Waals surface area contributed by atoms with Crippen LogP contribution in [0.5, 0.6) is 0 Å². The molecule has 178 valence electrons. The zero-order valence-electron chi connectivity index (χ0n) is 19.6. The van der Waals surface area contributed by atoms with Crippen molar-refractivity contribution in [3.63, 3.8) is 0 Å². The SMILES string of the molecule is CCCN(CCC)c1cc(Cl)nc(SCC(=O)N2CCN(C/C=C/c3ccccc3)CC2)n1. The molecule has 0 N–H and O–H groups in total. The fourth-order valence-corrected chi connectivity index (χ4v) is 4.78. The summed E-state index contributed by atoms with van der Waals surface area (Å²) in [6, 6.07) is 12.1. The lowest BCUT2D eigenvalue weighted by Crippen LogP contribution is -2.49. The molecule has 8 heteroatoms. The number of thioether (sulfide) groups is 1. The number of hydrogen-bond donors (Lipinski definition) is 0. The number of nitrogens with zero attached hydrogens (tertiary/aromatic N) is 5. The molecule has 0 unspecified atom stereocenters. The number of anilines is 1. The smallest absolute Gasteiger partial charge is 0.233 e. The molecule has 1 aromatic heterocycles. The van der Waals surface area contributed by atoms with Crippen LogP contribution >= 0.6 is 23.4 Å². The van der Waals surface area contributed by atoms with Gasteiger partial charge in [-0.2, -0.15) is 0 Å². The van der Waals surface area contributed by atoms with Crippen molar-refractivity contribution in [2.45, 2.75) is 31.8 Å². The maximum absolute atomic E-state index is 12.8. The monoisotopic (exact) mass is 487 g/mol. The van der Waals surface area contributed by atoms with Crippen molar-refractivity contribution >= 4 is 41.2 Å². The molecule has 33 heavy (non-hydrogen) atoms. The molecule has 1 aliphatic rings. The second kappa shape index (κ2) is 13.6. The molecule has 0 spiro atoms. The zero-order chi connectivity index (χ0) is 23.5. The van der Waals surface area contributed by atoms with Gasteiger partial charge < -0.3 is 9.80 Å². The summed E-state index contributed by atoms with van der Waals surface area (Å²) in [5.41, 5.74) is 1.21. The van der Waals surface area contributed by atoms with E-state index in [4.69, 9.17) is 11.6 Å². The Labute approximate surface area is 207 Å². The summed E-state index contributed by atoms with van der Waals surface area (Å²) < 4.78 is 0. The third kappa shape index (κ3) is 8.32. The van der Waals surface area contributed by atoms with Crippen LogP contribution in [-0.2, 0) is 4.79 Å². The lowest BCUT2D eigenvalue weighted by atomic mass is 10.2. The van der Waals surface area contributed by atoms with Gasteiger partial charge in [-0.25, -0.2) is 9.97 Å². The molecule has 3 rings (SSSR count). The van der Waals surface area contributed by atoms with Crippen LogP contribution in [0, 0.1) is 0 Å². The Hall–Kier alpha value is -2.09. The van der Waals surface area contributed by atoms with Gasteiger partial charge in [0.2, 0.25) is 5.91 Å². The van der Waals surface area contributed by atoms with E-state index in [0.29, 0.717) is 16.1 Å². The van der Waals surface area contributed by atoms with Gasteiger partial charge in [-0.15, -0.1) is 0 Å². The zero-order valence-corrected chi connectivity index (χ0v) is 21.2. The topological polar surface area (TPSA) is 52.6 Å². The van der Waals surface area contributed by atoms with Crippen LogP contribution in [0.15, 0.2) is 47.6 Å². The molecule has 2 aromatic rings. The van der Waals surface area contributed by atoms with Gasteiger partial charge in [0.05, 0.1) is 5.75 Å². The third-order valence-electron chi connectivity index (χ3n) is 5.50. The summed E-state index contributed by atoms with van der Waals surface area (Å²) in [5.74, 6) is 1.30. The predicted octanol–water partition coefficient (Wildman–Crippen LogP) is 4.71. The number of piperazine rings is 1. The fraction of sp³-hybridized carbons (Fsp3) is 0.480. The Kier molecular flexibility index (Phi) is 10.5. The van der Waals surface area contributed by atoms with Gasteiger partial charge in [0.1, 0.15) is 11.0 Å². The first-order valence-corrected chi connectivity index (χ1v) is 13.1. The molecular weight excluding hydrogens is 454 g/mol. The summed E-state index contributed by atoms with van der Waals surface area (Å²) in [4.78, 5) is 28.3. The summed E-state index contributed by atoms with van der Waals surface area (Å²) in [6.07, 6.45) is 6.42. The molecule has 1 saturated heterocycles. The lowest BCUT2D eigenvalue weighted by molar-refractivity contribution is -0.130. The van der Waals surface area contributed by atoms with E-state index in [9.17, 15) is 4.79 Å². The summed E-state index contributed by atoms with van der Waals surface area (Å²) in [7, 11) is 0. The van der Waals surface area contributed by atoms with Crippen molar-refractivity contribution in [1.82, 2.24) is 19.8 Å². The highest BCUT2D eigenvalue weighted by atomic mass is 35.5. The Balaban J connectivity index is 1.46. The molecule has 1 aliphatic heterocycles. The number of carbonyl (C=O) groups excluding carboxylic acids is 1. The van der Waals surface area contributed by atoms with Gasteiger partial charge in [-0.1, -0.05) is 79.7 Å². The Morgan fingerprint density at radius 2 is 1.79 bits per heavy atom. The van der Waals surface area contributed by atoms with Gasteiger partial charge in [-0.3, -0.25) is 9.69 Å². The van der Waals surface area contributed by atoms with Crippen molar-refractivity contribution in [1.29, 1.82) is 0 Å². The van der Waals surface area contributed by atoms with Gasteiger partial charge >= 0.3 is 0 Å². The number of aromatic nitrogens is 2. The maximum Gasteiger partial charge on any atom is 0.233 e. The first-order chi connectivity index (χ1) is 16.1. The van der Waals surface area contributed by atoms with Gasteiger partial charge in [0.15, 0.2) is 5.16 Å². The van der Waals surface area contributed by atoms with Crippen molar-refractivity contribution in [3.05, 3.63) is 53.2 Å². The average molecular weight is 488 g/mol. The van der Waals surface area contributed by atoms with Crippen LogP contribution in [0.2, 0.25) is 5.15 Å². The molecule has 0 aliphatic carbocycles. The van der Waals surface area contributed by atoms with Crippen LogP contribution in [0.3, 0.4) is 0 Å². The van der Waals surface area contributed by atoms with E-state index in [0.717, 1.165) is 64.5 Å². The standard InChI is InChI=1S/C25H34ClN5OS/c1-3-12-30(13-4-2)23-19-22(26)27-25(28-23)33-20-24(32)31-17-15-29(16-18-31)14-8-11-21-9-6-5-7-10-21/h5-11,19H,3-4,12-18,20H2,1-2H3/b11-8+. The second-order valence-electron chi connectivity index (χ2n) is 8.10. The minimum absolute atomic E-state index is 0.128. The maximum atomic E-state index is 12.8. The highest BCUT2D eigenvalue weighted by molar-refractivity contribution is 7.99. The van der Waals surface area contributed by atoms with Gasteiger partial charge in [-0.05, 0) is 18.4 Å².